The Balaban J connectivity index is 1.74. The largest absolute Gasteiger partial charge is 0.492 e. The van der Waals surface area contributed by atoms with Gasteiger partial charge in [-0.2, -0.15) is 9.61 Å². The zero-order valence-corrected chi connectivity index (χ0v) is 19.3. The molecule has 1 aliphatic carbocycles. The summed E-state index contributed by atoms with van der Waals surface area (Å²) in [5.41, 5.74) is -0.0458. The molecule has 1 atom stereocenters. The molecule has 4 rings (SSSR count). The molecular formula is C23H31N5O5. The number of hydrogen-bond donors (Lipinski definition) is 2. The van der Waals surface area contributed by atoms with Crippen molar-refractivity contribution in [2.75, 3.05) is 19.8 Å². The Morgan fingerprint density at radius 3 is 2.79 bits per heavy atom. The van der Waals surface area contributed by atoms with Crippen LogP contribution in [0.4, 0.5) is 0 Å². The van der Waals surface area contributed by atoms with E-state index < -0.39 is 17.3 Å². The summed E-state index contributed by atoms with van der Waals surface area (Å²) < 4.78 is 8.11. The quantitative estimate of drug-likeness (QED) is 0.607. The molecule has 1 aliphatic heterocycles. The highest BCUT2D eigenvalue weighted by atomic mass is 16.5. The molecule has 3 heterocycles. The molecule has 10 nitrogen and oxygen atoms in total. The molecule has 0 radical (unpaired) electrons. The Morgan fingerprint density at radius 2 is 2.12 bits per heavy atom. The van der Waals surface area contributed by atoms with Crippen LogP contribution in [0.2, 0.25) is 0 Å². The summed E-state index contributed by atoms with van der Waals surface area (Å²) in [5, 5.41) is 17.7. The minimum atomic E-state index is -0.597. The first-order valence-corrected chi connectivity index (χ1v) is 11.5. The number of aromatic nitrogens is 3. The highest BCUT2D eigenvalue weighted by Gasteiger charge is 2.30. The van der Waals surface area contributed by atoms with E-state index in [1.165, 1.54) is 21.4 Å². The average Bonchev–Trinajstić information content (AvgIpc) is 3.50. The minimum Gasteiger partial charge on any atom is -0.492 e. The number of nitrogens with one attached hydrogen (secondary N) is 1. The van der Waals surface area contributed by atoms with Crippen LogP contribution in [0.25, 0.3) is 11.7 Å². The van der Waals surface area contributed by atoms with Gasteiger partial charge >= 0.3 is 0 Å². The number of hydrogen-bond acceptors (Lipinski definition) is 6. The fourth-order valence-corrected chi connectivity index (χ4v) is 4.09. The van der Waals surface area contributed by atoms with Crippen molar-refractivity contribution in [2.45, 2.75) is 58.7 Å². The number of morpholine rings is 1. The summed E-state index contributed by atoms with van der Waals surface area (Å²) >= 11 is 0. The lowest BCUT2D eigenvalue weighted by molar-refractivity contribution is -0.134. The lowest BCUT2D eigenvalue weighted by Crippen LogP contribution is -2.47. The third kappa shape index (κ3) is 4.66. The highest BCUT2D eigenvalue weighted by molar-refractivity contribution is 5.97. The average molecular weight is 458 g/mol. The third-order valence-corrected chi connectivity index (χ3v) is 5.98. The van der Waals surface area contributed by atoms with Crippen molar-refractivity contribution in [1.82, 2.24) is 24.4 Å². The van der Waals surface area contributed by atoms with E-state index in [0.717, 1.165) is 19.3 Å². The fourth-order valence-electron chi connectivity index (χ4n) is 4.09. The fraction of sp³-hybridized carbons (Fsp3) is 0.565. The molecule has 10 heteroatoms. The number of nitrogens with zero attached hydrogens (tertiary/aromatic N) is 4. The summed E-state index contributed by atoms with van der Waals surface area (Å²) in [6.45, 7) is 7.79. The van der Waals surface area contributed by atoms with Crippen molar-refractivity contribution in [3.8, 4) is 5.88 Å². The standard InChI is InChI=1S/C23H31N5O5/c1-4-17-13-33-10-9-26(17)18(29)8-5-15-11-24-28-21(15)27(12-14(2)3)22(31)19(23(28)32)20(30)25-16-6-7-16/h5,8,11,14,16-17,32H,4,6-7,9-10,12-13H2,1-3H3,(H,25,30)/b8-5+/t17-/m0/s1. The molecule has 2 amide bonds. The predicted octanol–water partition coefficient (Wildman–Crippen LogP) is 1.40. The molecule has 2 aromatic rings. The number of fused-ring (bicyclic) bond motifs is 1. The summed E-state index contributed by atoms with van der Waals surface area (Å²) in [6, 6.07) is 0.0651. The molecule has 33 heavy (non-hydrogen) atoms. The van der Waals surface area contributed by atoms with E-state index in [1.54, 1.807) is 11.0 Å². The second-order valence-electron chi connectivity index (χ2n) is 9.09. The minimum absolute atomic E-state index is 0.0236. The number of carbonyl (C=O) groups is 2. The molecule has 2 N–H and O–H groups in total. The van der Waals surface area contributed by atoms with Crippen LogP contribution >= 0.6 is 0 Å². The first kappa shape index (κ1) is 23.0. The number of rotatable bonds is 7. The molecule has 2 aromatic heterocycles. The van der Waals surface area contributed by atoms with Crippen molar-refractivity contribution >= 4 is 23.5 Å². The number of amides is 2. The van der Waals surface area contributed by atoms with Crippen molar-refractivity contribution in [1.29, 1.82) is 0 Å². The van der Waals surface area contributed by atoms with Crippen LogP contribution < -0.4 is 10.9 Å². The van der Waals surface area contributed by atoms with Crippen LogP contribution in [0.15, 0.2) is 17.1 Å². The smallest absolute Gasteiger partial charge is 0.270 e. The Bertz CT molecular complexity index is 1140. The molecule has 2 aliphatic rings. The summed E-state index contributed by atoms with van der Waals surface area (Å²) in [4.78, 5) is 40.6. The van der Waals surface area contributed by atoms with Gasteiger partial charge in [-0.05, 0) is 31.3 Å². The van der Waals surface area contributed by atoms with E-state index in [4.69, 9.17) is 4.74 Å². The van der Waals surface area contributed by atoms with Crippen LogP contribution in [0.1, 0.15) is 56.0 Å². The maximum absolute atomic E-state index is 13.3. The first-order chi connectivity index (χ1) is 15.8. The van der Waals surface area contributed by atoms with Gasteiger partial charge in [0.2, 0.25) is 11.8 Å². The molecule has 0 spiro atoms. The van der Waals surface area contributed by atoms with E-state index in [-0.39, 0.29) is 29.5 Å². The molecule has 0 bridgehead atoms. The van der Waals surface area contributed by atoms with Crippen molar-refractivity contribution < 1.29 is 19.4 Å². The van der Waals surface area contributed by atoms with Crippen LogP contribution in [-0.2, 0) is 16.1 Å². The lowest BCUT2D eigenvalue weighted by Gasteiger charge is -2.34. The molecular weight excluding hydrogens is 426 g/mol. The van der Waals surface area contributed by atoms with Crippen LogP contribution in [0.5, 0.6) is 5.88 Å². The van der Waals surface area contributed by atoms with Gasteiger partial charge in [-0.25, -0.2) is 0 Å². The number of carbonyl (C=O) groups excluding carboxylic acids is 2. The predicted molar refractivity (Wildman–Crippen MR) is 122 cm³/mol. The van der Waals surface area contributed by atoms with Gasteiger partial charge in [0.1, 0.15) is 5.65 Å². The number of ether oxygens (including phenoxy) is 1. The summed E-state index contributed by atoms with van der Waals surface area (Å²) in [6.07, 6.45) is 7.06. The van der Waals surface area contributed by atoms with E-state index in [0.29, 0.717) is 37.5 Å². The maximum Gasteiger partial charge on any atom is 0.270 e. The lowest BCUT2D eigenvalue weighted by atomic mass is 10.1. The van der Waals surface area contributed by atoms with Crippen LogP contribution in [-0.4, -0.2) is 67.8 Å². The van der Waals surface area contributed by atoms with Gasteiger partial charge in [0.15, 0.2) is 5.56 Å². The molecule has 2 fully saturated rings. The zero-order chi connectivity index (χ0) is 23.7. The van der Waals surface area contributed by atoms with Crippen molar-refractivity contribution in [2.24, 2.45) is 5.92 Å². The van der Waals surface area contributed by atoms with Crippen LogP contribution in [0.3, 0.4) is 0 Å². The van der Waals surface area contributed by atoms with Gasteiger partial charge < -0.3 is 20.1 Å². The molecule has 0 aromatic carbocycles. The van der Waals surface area contributed by atoms with E-state index in [1.807, 2.05) is 20.8 Å². The van der Waals surface area contributed by atoms with Crippen LogP contribution in [0, 0.1) is 5.92 Å². The third-order valence-electron chi connectivity index (χ3n) is 5.98. The van der Waals surface area contributed by atoms with Gasteiger partial charge in [-0.3, -0.25) is 19.0 Å². The van der Waals surface area contributed by atoms with Crippen molar-refractivity contribution in [3.05, 3.63) is 33.8 Å². The molecule has 178 valence electrons. The van der Waals surface area contributed by atoms with E-state index in [9.17, 15) is 19.5 Å². The Kier molecular flexibility index (Phi) is 6.55. The Morgan fingerprint density at radius 1 is 1.36 bits per heavy atom. The number of aromatic hydroxyl groups is 1. The summed E-state index contributed by atoms with van der Waals surface area (Å²) in [5.74, 6) is -1.15. The first-order valence-electron chi connectivity index (χ1n) is 11.5. The molecule has 1 saturated carbocycles. The zero-order valence-electron chi connectivity index (χ0n) is 19.3. The van der Waals surface area contributed by atoms with E-state index in [2.05, 4.69) is 10.4 Å². The maximum atomic E-state index is 13.3. The van der Waals surface area contributed by atoms with Gasteiger partial charge in [0.05, 0.1) is 25.5 Å². The molecule has 0 unspecified atom stereocenters. The SMILES string of the molecule is CC[C@H]1COCCN1C(=O)/C=C/c1cnn2c(O)c(C(=O)NC3CC3)c(=O)n(CC(C)C)c12. The molecule has 1 saturated heterocycles. The van der Waals surface area contributed by atoms with Gasteiger partial charge in [0.25, 0.3) is 11.5 Å². The summed E-state index contributed by atoms with van der Waals surface area (Å²) in [7, 11) is 0. The second kappa shape index (κ2) is 9.38. The second-order valence-corrected chi connectivity index (χ2v) is 9.09. The normalized spacial score (nSPS) is 19.0. The Hall–Kier alpha value is -3.14. The van der Waals surface area contributed by atoms with Gasteiger partial charge in [-0.15, -0.1) is 0 Å². The monoisotopic (exact) mass is 457 g/mol. The van der Waals surface area contributed by atoms with Crippen molar-refractivity contribution in [3.63, 3.8) is 0 Å². The van der Waals surface area contributed by atoms with Gasteiger partial charge in [0, 0.05) is 30.8 Å². The highest BCUT2D eigenvalue weighted by Crippen LogP contribution is 2.23. The Labute approximate surface area is 191 Å². The topological polar surface area (TPSA) is 118 Å². The van der Waals surface area contributed by atoms with E-state index >= 15 is 0 Å². The van der Waals surface area contributed by atoms with Gasteiger partial charge in [-0.1, -0.05) is 20.8 Å².